The molecule has 0 bridgehead atoms. The number of amides is 1. The maximum absolute atomic E-state index is 12.0. The number of hydrogen-bond acceptors (Lipinski definition) is 3. The highest BCUT2D eigenvalue weighted by atomic mass is 16.1. The summed E-state index contributed by atoms with van der Waals surface area (Å²) >= 11 is 0. The third kappa shape index (κ3) is 2.43. The van der Waals surface area contributed by atoms with E-state index in [1.165, 1.54) is 25.7 Å². The Morgan fingerprint density at radius 1 is 1.59 bits per heavy atom. The normalized spacial score (nSPS) is 16.8. The van der Waals surface area contributed by atoms with Crippen LogP contribution >= 0.6 is 0 Å². The number of nitrogens with one attached hydrogen (secondary N) is 2. The largest absolute Gasteiger partial charge is 0.382 e. The zero-order chi connectivity index (χ0) is 12.5. The second-order valence-corrected chi connectivity index (χ2v) is 5.04. The molecule has 0 aromatic carbocycles. The molecular formula is C12H20N4O. The molecule has 0 atom stereocenters. The predicted molar refractivity (Wildman–Crippen MR) is 66.6 cm³/mol. The molecule has 0 aliphatic heterocycles. The van der Waals surface area contributed by atoms with Crippen LogP contribution in [0.4, 0.5) is 5.82 Å². The number of aromatic nitrogens is 2. The lowest BCUT2D eigenvalue weighted by Crippen LogP contribution is -2.30. The predicted octanol–water partition coefficient (Wildman–Crippen LogP) is 1.61. The van der Waals surface area contributed by atoms with Crippen molar-refractivity contribution in [1.82, 2.24) is 15.5 Å². The third-order valence-corrected chi connectivity index (χ3v) is 3.56. The smallest absolute Gasteiger partial charge is 0.256 e. The van der Waals surface area contributed by atoms with Crippen LogP contribution in [-0.2, 0) is 0 Å². The molecule has 0 spiro atoms. The molecule has 1 fully saturated rings. The van der Waals surface area contributed by atoms with Gasteiger partial charge in [-0.15, -0.1) is 0 Å². The van der Waals surface area contributed by atoms with E-state index in [0.717, 1.165) is 12.2 Å². The molecule has 1 aliphatic carbocycles. The number of H-pyrrole nitrogens is 1. The summed E-state index contributed by atoms with van der Waals surface area (Å²) in [5, 5.41) is 9.52. The van der Waals surface area contributed by atoms with Gasteiger partial charge in [0.2, 0.25) is 0 Å². The van der Waals surface area contributed by atoms with Gasteiger partial charge >= 0.3 is 0 Å². The van der Waals surface area contributed by atoms with E-state index in [1.807, 2.05) is 0 Å². The SMILES string of the molecule is CCCC1(CNC(=O)c2c(N)n[nH]c2C)CC1. The van der Waals surface area contributed by atoms with E-state index < -0.39 is 0 Å². The van der Waals surface area contributed by atoms with E-state index in [1.54, 1.807) is 6.92 Å². The molecule has 5 heteroatoms. The Hall–Kier alpha value is -1.52. The molecule has 0 unspecified atom stereocenters. The van der Waals surface area contributed by atoms with Crippen LogP contribution in [0, 0.1) is 12.3 Å². The van der Waals surface area contributed by atoms with Gasteiger partial charge in [0.25, 0.3) is 5.91 Å². The molecule has 0 radical (unpaired) electrons. The van der Waals surface area contributed by atoms with Crippen LogP contribution in [-0.4, -0.2) is 22.6 Å². The van der Waals surface area contributed by atoms with Crippen LogP contribution < -0.4 is 11.1 Å². The van der Waals surface area contributed by atoms with Crippen molar-refractivity contribution in [3.63, 3.8) is 0 Å². The van der Waals surface area contributed by atoms with Crippen LogP contribution in [0.1, 0.15) is 48.7 Å². The van der Waals surface area contributed by atoms with Gasteiger partial charge in [-0.05, 0) is 31.6 Å². The number of carbonyl (C=O) groups excluding carboxylic acids is 1. The van der Waals surface area contributed by atoms with Crippen molar-refractivity contribution >= 4 is 11.7 Å². The molecule has 1 aliphatic rings. The molecule has 1 saturated carbocycles. The van der Waals surface area contributed by atoms with Gasteiger partial charge in [-0.1, -0.05) is 13.3 Å². The standard InChI is InChI=1S/C12H20N4O/c1-3-4-12(5-6-12)7-14-11(17)9-8(2)15-16-10(9)13/h3-7H2,1-2H3,(H,14,17)(H3,13,15,16). The minimum atomic E-state index is -0.115. The fraction of sp³-hybridized carbons (Fsp3) is 0.667. The average molecular weight is 236 g/mol. The van der Waals surface area contributed by atoms with Gasteiger partial charge in [0.1, 0.15) is 5.56 Å². The quantitative estimate of drug-likeness (QED) is 0.726. The molecule has 5 nitrogen and oxygen atoms in total. The summed E-state index contributed by atoms with van der Waals surface area (Å²) in [5.41, 5.74) is 7.22. The zero-order valence-electron chi connectivity index (χ0n) is 10.5. The summed E-state index contributed by atoms with van der Waals surface area (Å²) in [5.74, 6) is 0.163. The molecule has 1 heterocycles. The summed E-state index contributed by atoms with van der Waals surface area (Å²) in [6.45, 7) is 4.74. The third-order valence-electron chi connectivity index (χ3n) is 3.56. The topological polar surface area (TPSA) is 83.8 Å². The van der Waals surface area contributed by atoms with Crippen molar-refractivity contribution in [1.29, 1.82) is 0 Å². The molecule has 1 aromatic heterocycles. The van der Waals surface area contributed by atoms with Crippen LogP contribution in [0.25, 0.3) is 0 Å². The van der Waals surface area contributed by atoms with Crippen molar-refractivity contribution < 1.29 is 4.79 Å². The van der Waals surface area contributed by atoms with Gasteiger partial charge in [0.15, 0.2) is 5.82 Å². The molecule has 1 aromatic rings. The van der Waals surface area contributed by atoms with Gasteiger partial charge < -0.3 is 11.1 Å². The lowest BCUT2D eigenvalue weighted by Gasteiger charge is -2.14. The van der Waals surface area contributed by atoms with Crippen molar-refractivity contribution in [3.8, 4) is 0 Å². The van der Waals surface area contributed by atoms with E-state index in [-0.39, 0.29) is 11.7 Å². The first-order chi connectivity index (χ1) is 8.08. The summed E-state index contributed by atoms with van der Waals surface area (Å²) in [4.78, 5) is 12.0. The van der Waals surface area contributed by atoms with Crippen molar-refractivity contribution in [2.45, 2.75) is 39.5 Å². The highest BCUT2D eigenvalue weighted by Crippen LogP contribution is 2.48. The second-order valence-electron chi connectivity index (χ2n) is 5.04. The summed E-state index contributed by atoms with van der Waals surface area (Å²) in [7, 11) is 0. The molecule has 0 saturated heterocycles. The fourth-order valence-electron chi connectivity index (χ4n) is 2.31. The Morgan fingerprint density at radius 3 is 2.76 bits per heavy atom. The number of hydrogen-bond donors (Lipinski definition) is 3. The van der Waals surface area contributed by atoms with Gasteiger partial charge in [0.05, 0.1) is 0 Å². The van der Waals surface area contributed by atoms with Gasteiger partial charge in [0, 0.05) is 12.2 Å². The van der Waals surface area contributed by atoms with Crippen molar-refractivity contribution in [2.75, 3.05) is 12.3 Å². The highest BCUT2D eigenvalue weighted by molar-refractivity contribution is 5.99. The lowest BCUT2D eigenvalue weighted by molar-refractivity contribution is 0.0944. The van der Waals surface area contributed by atoms with E-state index >= 15 is 0 Å². The molecule has 94 valence electrons. The van der Waals surface area contributed by atoms with Crippen LogP contribution in [0.5, 0.6) is 0 Å². The number of rotatable bonds is 5. The number of nitrogens with two attached hydrogens (primary N) is 1. The van der Waals surface area contributed by atoms with E-state index in [0.29, 0.717) is 11.0 Å². The first-order valence-electron chi connectivity index (χ1n) is 6.16. The van der Waals surface area contributed by atoms with Gasteiger partial charge in [-0.2, -0.15) is 5.10 Å². The first-order valence-corrected chi connectivity index (χ1v) is 6.16. The van der Waals surface area contributed by atoms with Crippen LogP contribution in [0.3, 0.4) is 0 Å². The Kier molecular flexibility index (Phi) is 3.09. The van der Waals surface area contributed by atoms with E-state index in [4.69, 9.17) is 5.73 Å². The summed E-state index contributed by atoms with van der Waals surface area (Å²) in [6.07, 6.45) is 4.80. The summed E-state index contributed by atoms with van der Waals surface area (Å²) < 4.78 is 0. The monoisotopic (exact) mass is 236 g/mol. The molecule has 17 heavy (non-hydrogen) atoms. The molecular weight excluding hydrogens is 216 g/mol. The number of nitrogens with zero attached hydrogens (tertiary/aromatic N) is 1. The average Bonchev–Trinajstić information content (AvgIpc) is 2.97. The number of aromatic amines is 1. The zero-order valence-corrected chi connectivity index (χ0v) is 10.5. The van der Waals surface area contributed by atoms with Gasteiger partial charge in [-0.25, -0.2) is 0 Å². The minimum Gasteiger partial charge on any atom is -0.382 e. The van der Waals surface area contributed by atoms with E-state index in [9.17, 15) is 4.79 Å². The Labute approximate surface area is 101 Å². The first kappa shape index (κ1) is 12.0. The Balaban J connectivity index is 1.94. The maximum Gasteiger partial charge on any atom is 0.256 e. The fourth-order valence-corrected chi connectivity index (χ4v) is 2.31. The molecule has 1 amide bonds. The number of nitrogen functional groups attached to an aromatic ring is 1. The number of aryl methyl sites for hydroxylation is 1. The molecule has 2 rings (SSSR count). The second kappa shape index (κ2) is 4.39. The van der Waals surface area contributed by atoms with Crippen molar-refractivity contribution in [3.05, 3.63) is 11.3 Å². The number of carbonyl (C=O) groups is 1. The Bertz CT molecular complexity index is 401. The lowest BCUT2D eigenvalue weighted by atomic mass is 10.0. The van der Waals surface area contributed by atoms with Crippen LogP contribution in [0.2, 0.25) is 0 Å². The summed E-state index contributed by atoms with van der Waals surface area (Å²) in [6, 6.07) is 0. The highest BCUT2D eigenvalue weighted by Gasteiger charge is 2.41. The van der Waals surface area contributed by atoms with Gasteiger partial charge in [-0.3, -0.25) is 9.89 Å². The number of anilines is 1. The van der Waals surface area contributed by atoms with E-state index in [2.05, 4.69) is 22.4 Å². The van der Waals surface area contributed by atoms with Crippen LogP contribution in [0.15, 0.2) is 0 Å². The van der Waals surface area contributed by atoms with Crippen molar-refractivity contribution in [2.24, 2.45) is 5.41 Å². The minimum absolute atomic E-state index is 0.115. The Morgan fingerprint density at radius 2 is 2.29 bits per heavy atom. The maximum atomic E-state index is 12.0. The molecule has 4 N–H and O–H groups in total.